The Bertz CT molecular complexity index is 785. The third-order valence-electron chi connectivity index (χ3n) is 3.53. The first-order chi connectivity index (χ1) is 10.1. The summed E-state index contributed by atoms with van der Waals surface area (Å²) >= 11 is 8.66. The fourth-order valence-corrected chi connectivity index (χ4v) is 3.84. The minimum absolute atomic E-state index is 0.154. The molecule has 0 aliphatic heterocycles. The Morgan fingerprint density at radius 3 is 2.48 bits per heavy atom. The number of hydrogen-bond acceptors (Lipinski definition) is 0. The van der Waals surface area contributed by atoms with Crippen molar-refractivity contribution in [3.63, 3.8) is 0 Å². The van der Waals surface area contributed by atoms with Crippen LogP contribution in [0.25, 0.3) is 10.8 Å². The Kier molecular flexibility index (Phi) is 4.45. The summed E-state index contributed by atoms with van der Waals surface area (Å²) in [6.45, 7) is 0. The highest BCUT2D eigenvalue weighted by molar-refractivity contribution is 14.1. The molecule has 3 rings (SSSR count). The lowest BCUT2D eigenvalue weighted by Crippen LogP contribution is -1.99. The lowest BCUT2D eigenvalue weighted by atomic mass is 10.0. The Balaban J connectivity index is 1.87. The predicted molar refractivity (Wildman–Crippen MR) is 95.4 cm³/mol. The summed E-state index contributed by atoms with van der Waals surface area (Å²) in [6, 6.07) is 19.4. The van der Waals surface area contributed by atoms with Gasteiger partial charge in [0, 0.05) is 3.57 Å². The van der Waals surface area contributed by atoms with E-state index in [2.05, 4.69) is 52.9 Å². The van der Waals surface area contributed by atoms with Gasteiger partial charge in [-0.25, -0.2) is 4.39 Å². The number of benzene rings is 3. The van der Waals surface area contributed by atoms with Crippen molar-refractivity contribution in [1.29, 1.82) is 0 Å². The zero-order valence-corrected chi connectivity index (χ0v) is 14.1. The summed E-state index contributed by atoms with van der Waals surface area (Å²) in [5.74, 6) is -0.224. The Morgan fingerprint density at radius 1 is 0.952 bits per heavy atom. The first-order valence-electron chi connectivity index (χ1n) is 6.70. The van der Waals surface area contributed by atoms with Crippen molar-refractivity contribution in [1.82, 2.24) is 0 Å². The molecule has 0 spiro atoms. The predicted octanol–water partition coefficient (Wildman–Crippen LogP) is 6.11. The van der Waals surface area contributed by atoms with Crippen LogP contribution in [0.5, 0.6) is 0 Å². The second-order valence-corrected chi connectivity index (χ2v) is 6.71. The molecular weight excluding hydrogens is 398 g/mol. The van der Waals surface area contributed by atoms with E-state index in [1.54, 1.807) is 6.07 Å². The number of alkyl halides is 1. The van der Waals surface area contributed by atoms with Gasteiger partial charge in [0.25, 0.3) is 0 Å². The molecule has 0 nitrogen and oxygen atoms in total. The van der Waals surface area contributed by atoms with Crippen LogP contribution in [0.3, 0.4) is 0 Å². The summed E-state index contributed by atoms with van der Waals surface area (Å²) in [5.41, 5.74) is 2.17. The molecule has 0 saturated carbocycles. The molecule has 0 aliphatic carbocycles. The van der Waals surface area contributed by atoms with Gasteiger partial charge in [0.1, 0.15) is 5.82 Å². The van der Waals surface area contributed by atoms with Crippen molar-refractivity contribution in [3.8, 4) is 0 Å². The van der Waals surface area contributed by atoms with Crippen molar-refractivity contribution in [3.05, 3.63) is 81.2 Å². The van der Waals surface area contributed by atoms with Gasteiger partial charge in [0.2, 0.25) is 0 Å². The SMILES string of the molecule is Fc1ccc(C(Cl)Cc2ccc3ccccc3c2)c(I)c1. The smallest absolute Gasteiger partial charge is 0.124 e. The highest BCUT2D eigenvalue weighted by Gasteiger charge is 2.13. The number of fused-ring (bicyclic) bond motifs is 1. The molecule has 1 atom stereocenters. The minimum Gasteiger partial charge on any atom is -0.207 e. The molecule has 0 aromatic heterocycles. The largest absolute Gasteiger partial charge is 0.207 e. The highest BCUT2D eigenvalue weighted by Crippen LogP contribution is 2.30. The third kappa shape index (κ3) is 3.38. The van der Waals surface area contributed by atoms with E-state index in [0.717, 1.165) is 15.6 Å². The Hall–Kier alpha value is -1.13. The van der Waals surface area contributed by atoms with Gasteiger partial charge in [-0.2, -0.15) is 0 Å². The van der Waals surface area contributed by atoms with Gasteiger partial charge in [0.05, 0.1) is 5.38 Å². The van der Waals surface area contributed by atoms with Crippen molar-refractivity contribution < 1.29 is 4.39 Å². The fraction of sp³-hybridized carbons (Fsp3) is 0.111. The molecule has 3 aromatic rings. The first-order valence-corrected chi connectivity index (χ1v) is 8.22. The zero-order chi connectivity index (χ0) is 14.8. The molecule has 0 amide bonds. The number of hydrogen-bond donors (Lipinski definition) is 0. The van der Waals surface area contributed by atoms with Crippen molar-refractivity contribution in [2.24, 2.45) is 0 Å². The van der Waals surface area contributed by atoms with Crippen LogP contribution in [0, 0.1) is 9.39 Å². The summed E-state index contributed by atoms with van der Waals surface area (Å²) in [5, 5.41) is 2.29. The van der Waals surface area contributed by atoms with E-state index in [-0.39, 0.29) is 11.2 Å². The highest BCUT2D eigenvalue weighted by atomic mass is 127. The molecule has 0 fully saturated rings. The Morgan fingerprint density at radius 2 is 1.71 bits per heavy atom. The Labute approximate surface area is 142 Å². The van der Waals surface area contributed by atoms with Crippen molar-refractivity contribution in [2.45, 2.75) is 11.8 Å². The molecule has 1 unspecified atom stereocenters. The summed E-state index contributed by atoms with van der Waals surface area (Å²) in [6.07, 6.45) is 0.730. The van der Waals surface area contributed by atoms with Crippen LogP contribution in [0.15, 0.2) is 60.7 Å². The van der Waals surface area contributed by atoms with Crippen LogP contribution in [-0.2, 0) is 6.42 Å². The van der Waals surface area contributed by atoms with E-state index >= 15 is 0 Å². The van der Waals surface area contributed by atoms with Crippen LogP contribution in [0.4, 0.5) is 4.39 Å². The number of rotatable bonds is 3. The van der Waals surface area contributed by atoms with Crippen LogP contribution in [0.2, 0.25) is 0 Å². The molecule has 0 bridgehead atoms. The van der Waals surface area contributed by atoms with Crippen molar-refractivity contribution in [2.75, 3.05) is 0 Å². The summed E-state index contributed by atoms with van der Waals surface area (Å²) in [4.78, 5) is 0. The second kappa shape index (κ2) is 6.32. The molecular formula is C18H13ClFI. The quantitative estimate of drug-likeness (QED) is 0.361. The van der Waals surface area contributed by atoms with Gasteiger partial charge < -0.3 is 0 Å². The van der Waals surface area contributed by atoms with Gasteiger partial charge >= 0.3 is 0 Å². The zero-order valence-electron chi connectivity index (χ0n) is 11.2. The molecule has 106 valence electrons. The average Bonchev–Trinajstić information content (AvgIpc) is 2.47. The molecule has 0 saturated heterocycles. The first kappa shape index (κ1) is 14.8. The van der Waals surface area contributed by atoms with E-state index in [4.69, 9.17) is 11.6 Å². The van der Waals surface area contributed by atoms with E-state index in [9.17, 15) is 4.39 Å². The van der Waals surface area contributed by atoms with Crippen LogP contribution >= 0.6 is 34.2 Å². The molecule has 21 heavy (non-hydrogen) atoms. The minimum atomic E-state index is -0.224. The molecule has 0 radical (unpaired) electrons. The maximum absolute atomic E-state index is 13.2. The van der Waals surface area contributed by atoms with Gasteiger partial charge in [-0.05, 0) is 63.0 Å². The van der Waals surface area contributed by atoms with Crippen LogP contribution < -0.4 is 0 Å². The van der Waals surface area contributed by atoms with Gasteiger partial charge in [-0.1, -0.05) is 48.5 Å². The molecule has 3 heteroatoms. The van der Waals surface area contributed by atoms with Gasteiger partial charge in [-0.3, -0.25) is 0 Å². The second-order valence-electron chi connectivity index (χ2n) is 5.02. The van der Waals surface area contributed by atoms with Gasteiger partial charge in [-0.15, -0.1) is 11.6 Å². The van der Waals surface area contributed by atoms with E-state index < -0.39 is 0 Å². The number of halogens is 3. The fourth-order valence-electron chi connectivity index (χ4n) is 2.44. The van der Waals surface area contributed by atoms with E-state index in [1.807, 2.05) is 12.1 Å². The summed E-state index contributed by atoms with van der Waals surface area (Å²) in [7, 11) is 0. The van der Waals surface area contributed by atoms with E-state index in [0.29, 0.717) is 0 Å². The topological polar surface area (TPSA) is 0 Å². The summed E-state index contributed by atoms with van der Waals surface area (Å²) < 4.78 is 14.0. The maximum atomic E-state index is 13.2. The van der Waals surface area contributed by atoms with Crippen LogP contribution in [-0.4, -0.2) is 0 Å². The normalized spacial score (nSPS) is 12.5. The molecule has 3 aromatic carbocycles. The molecule has 0 N–H and O–H groups in total. The van der Waals surface area contributed by atoms with Crippen molar-refractivity contribution >= 4 is 45.0 Å². The lowest BCUT2D eigenvalue weighted by molar-refractivity contribution is 0.625. The monoisotopic (exact) mass is 410 g/mol. The van der Waals surface area contributed by atoms with Gasteiger partial charge in [0.15, 0.2) is 0 Å². The third-order valence-corrected chi connectivity index (χ3v) is 4.85. The molecule has 0 heterocycles. The average molecular weight is 411 g/mol. The molecule has 0 aliphatic rings. The standard InChI is InChI=1S/C18H13ClFI/c19-17(16-8-7-15(20)11-18(16)21)10-12-5-6-13-3-1-2-4-14(13)9-12/h1-9,11,17H,10H2. The maximum Gasteiger partial charge on any atom is 0.124 e. The van der Waals surface area contributed by atoms with E-state index in [1.165, 1.54) is 28.5 Å². The van der Waals surface area contributed by atoms with Crippen LogP contribution in [0.1, 0.15) is 16.5 Å². The lowest BCUT2D eigenvalue weighted by Gasteiger charge is -2.12.